The predicted octanol–water partition coefficient (Wildman–Crippen LogP) is 0.121. The molecule has 0 radical (unpaired) electrons. The Morgan fingerprint density at radius 1 is 1.28 bits per heavy atom. The minimum absolute atomic E-state index is 0.231. The van der Waals surface area contributed by atoms with Gasteiger partial charge in [-0.05, 0) is 0 Å². The molecule has 1 amide bonds. The van der Waals surface area contributed by atoms with Crippen LogP contribution in [0.25, 0.3) is 0 Å². The number of rotatable bonds is 5. The van der Waals surface area contributed by atoms with Gasteiger partial charge in [-0.3, -0.25) is 4.79 Å². The van der Waals surface area contributed by atoms with Crippen LogP contribution in [0.1, 0.15) is 0 Å². The quantitative estimate of drug-likeness (QED) is 0.326. The van der Waals surface area contributed by atoms with Crippen LogP contribution in [-0.2, 0) is 9.53 Å². The van der Waals surface area contributed by atoms with E-state index in [1.54, 1.807) is 9.80 Å². The number of hydrogen-bond donors (Lipinski definition) is 1. The van der Waals surface area contributed by atoms with Crippen LogP contribution in [0.3, 0.4) is 0 Å². The number of carbonyl (C=O) groups excluding carboxylic acids is 1. The monoisotopic (exact) mass is 252 g/mol. The summed E-state index contributed by atoms with van der Waals surface area (Å²) >= 11 is 0. The highest BCUT2D eigenvalue weighted by Gasteiger charge is 2.17. The third-order valence-electron chi connectivity index (χ3n) is 2.16. The van der Waals surface area contributed by atoms with E-state index in [0.717, 1.165) is 0 Å². The first kappa shape index (κ1) is 15.8. The van der Waals surface area contributed by atoms with Gasteiger partial charge in [-0.1, -0.05) is 0 Å². The highest BCUT2D eigenvalue weighted by atomic mass is 16.5. The zero-order valence-electron chi connectivity index (χ0n) is 11.7. The number of methoxy groups -OCH3 is 1. The summed E-state index contributed by atoms with van der Waals surface area (Å²) in [5.74, 6) is 0.570. The SMILES string of the molecule is CNC(=O)/C=C(/OC)C(C#N)=C(N(C)C)N(C)C. The van der Waals surface area contributed by atoms with Crippen molar-refractivity contribution in [2.75, 3.05) is 42.3 Å². The topological polar surface area (TPSA) is 68.6 Å². The second kappa shape index (κ2) is 7.22. The van der Waals surface area contributed by atoms with E-state index < -0.39 is 0 Å². The molecule has 1 N–H and O–H groups in total. The first-order valence-electron chi connectivity index (χ1n) is 5.35. The van der Waals surface area contributed by atoms with E-state index in [1.807, 2.05) is 28.2 Å². The number of ether oxygens (including phenoxy) is 1. The van der Waals surface area contributed by atoms with Gasteiger partial charge in [0.2, 0.25) is 5.91 Å². The summed E-state index contributed by atoms with van der Waals surface area (Å²) in [4.78, 5) is 14.9. The van der Waals surface area contributed by atoms with Crippen LogP contribution < -0.4 is 5.32 Å². The molecular formula is C12H20N4O2. The fourth-order valence-corrected chi connectivity index (χ4v) is 1.49. The van der Waals surface area contributed by atoms with Gasteiger partial charge in [0.05, 0.1) is 7.11 Å². The molecule has 0 aromatic rings. The van der Waals surface area contributed by atoms with Gasteiger partial charge in [0.15, 0.2) is 0 Å². The van der Waals surface area contributed by atoms with Crippen molar-refractivity contribution < 1.29 is 9.53 Å². The van der Waals surface area contributed by atoms with E-state index in [0.29, 0.717) is 11.4 Å². The molecule has 6 heteroatoms. The Balaban J connectivity index is 5.79. The first-order valence-corrected chi connectivity index (χ1v) is 5.35. The van der Waals surface area contributed by atoms with Crippen LogP contribution in [0.4, 0.5) is 0 Å². The number of likely N-dealkylation sites (N-methyl/N-ethyl adjacent to an activating group) is 1. The van der Waals surface area contributed by atoms with Crippen molar-refractivity contribution in [3.05, 3.63) is 23.2 Å². The fraction of sp³-hybridized carbons (Fsp3) is 0.500. The normalized spacial score (nSPS) is 10.2. The number of amides is 1. The maximum absolute atomic E-state index is 11.3. The maximum atomic E-state index is 11.3. The summed E-state index contributed by atoms with van der Waals surface area (Å²) < 4.78 is 5.12. The number of hydrogen-bond acceptors (Lipinski definition) is 5. The van der Waals surface area contributed by atoms with Crippen molar-refractivity contribution in [3.8, 4) is 6.07 Å². The number of nitrogens with one attached hydrogen (secondary N) is 1. The molecule has 0 aliphatic rings. The third-order valence-corrected chi connectivity index (χ3v) is 2.16. The molecular weight excluding hydrogens is 232 g/mol. The molecule has 0 saturated carbocycles. The van der Waals surface area contributed by atoms with Crippen molar-refractivity contribution in [2.24, 2.45) is 0 Å². The lowest BCUT2D eigenvalue weighted by molar-refractivity contribution is -0.116. The van der Waals surface area contributed by atoms with E-state index >= 15 is 0 Å². The van der Waals surface area contributed by atoms with Gasteiger partial charge in [-0.2, -0.15) is 5.26 Å². The Kier molecular flexibility index (Phi) is 6.35. The van der Waals surface area contributed by atoms with Crippen LogP contribution in [0.2, 0.25) is 0 Å². The van der Waals surface area contributed by atoms with Crippen molar-refractivity contribution in [2.45, 2.75) is 0 Å². The smallest absolute Gasteiger partial charge is 0.247 e. The van der Waals surface area contributed by atoms with Gasteiger partial charge in [0.1, 0.15) is 23.2 Å². The summed E-state index contributed by atoms with van der Waals surface area (Å²) in [6, 6.07) is 2.07. The number of nitrogens with zero attached hydrogens (tertiary/aromatic N) is 3. The molecule has 0 aromatic carbocycles. The molecule has 0 spiro atoms. The Labute approximate surface area is 108 Å². The molecule has 18 heavy (non-hydrogen) atoms. The predicted molar refractivity (Wildman–Crippen MR) is 69.2 cm³/mol. The Morgan fingerprint density at radius 2 is 1.78 bits per heavy atom. The summed E-state index contributed by atoms with van der Waals surface area (Å²) in [7, 11) is 10.2. The maximum Gasteiger partial charge on any atom is 0.247 e. The Morgan fingerprint density at radius 3 is 2.06 bits per heavy atom. The second-order valence-corrected chi connectivity index (χ2v) is 3.93. The molecule has 6 nitrogen and oxygen atoms in total. The van der Waals surface area contributed by atoms with Crippen LogP contribution in [0, 0.1) is 11.3 Å². The van der Waals surface area contributed by atoms with Crippen LogP contribution in [0.15, 0.2) is 23.2 Å². The van der Waals surface area contributed by atoms with E-state index in [1.165, 1.54) is 20.2 Å². The average Bonchev–Trinajstić information content (AvgIpc) is 2.31. The van der Waals surface area contributed by atoms with Crippen LogP contribution in [0.5, 0.6) is 0 Å². The zero-order chi connectivity index (χ0) is 14.3. The van der Waals surface area contributed by atoms with Crippen LogP contribution >= 0.6 is 0 Å². The Bertz CT molecular complexity index is 393. The minimum Gasteiger partial charge on any atom is -0.495 e. The largest absolute Gasteiger partial charge is 0.495 e. The third kappa shape index (κ3) is 4.01. The highest BCUT2D eigenvalue weighted by Crippen LogP contribution is 2.18. The lowest BCUT2D eigenvalue weighted by Crippen LogP contribution is -2.27. The first-order chi connectivity index (χ1) is 8.38. The second-order valence-electron chi connectivity index (χ2n) is 3.93. The summed E-state index contributed by atoms with van der Waals surface area (Å²) in [5.41, 5.74) is 0.302. The van der Waals surface area contributed by atoms with Gasteiger partial charge in [0, 0.05) is 41.3 Å². The van der Waals surface area contributed by atoms with Crippen molar-refractivity contribution in [1.82, 2.24) is 15.1 Å². The number of allylic oxidation sites excluding steroid dienone is 1. The standard InChI is InChI=1S/C12H20N4O2/c1-14-11(17)7-10(18-6)9(8-13)12(15(2)3)16(4)5/h7H,1-6H3,(H,14,17)/b10-7+. The summed E-state index contributed by atoms with van der Waals surface area (Å²) in [5, 5.41) is 11.7. The molecule has 0 aliphatic carbocycles. The van der Waals surface area contributed by atoms with Crippen molar-refractivity contribution in [1.29, 1.82) is 5.26 Å². The van der Waals surface area contributed by atoms with Gasteiger partial charge in [-0.25, -0.2) is 0 Å². The molecule has 100 valence electrons. The molecule has 0 unspecified atom stereocenters. The van der Waals surface area contributed by atoms with Gasteiger partial charge in [0.25, 0.3) is 0 Å². The minimum atomic E-state index is -0.323. The summed E-state index contributed by atoms with van der Waals surface area (Å²) in [6.45, 7) is 0. The van der Waals surface area contributed by atoms with E-state index in [4.69, 9.17) is 4.74 Å². The van der Waals surface area contributed by atoms with Crippen LogP contribution in [-0.4, -0.2) is 58.1 Å². The highest BCUT2D eigenvalue weighted by molar-refractivity contribution is 5.88. The summed E-state index contributed by atoms with van der Waals surface area (Å²) in [6.07, 6.45) is 1.26. The number of carbonyl (C=O) groups is 1. The van der Waals surface area contributed by atoms with E-state index in [-0.39, 0.29) is 11.7 Å². The lowest BCUT2D eigenvalue weighted by Gasteiger charge is -2.26. The molecule has 0 aliphatic heterocycles. The molecule has 0 saturated heterocycles. The fourth-order valence-electron chi connectivity index (χ4n) is 1.49. The van der Waals surface area contributed by atoms with Crippen molar-refractivity contribution in [3.63, 3.8) is 0 Å². The Hall–Kier alpha value is -2.16. The van der Waals surface area contributed by atoms with E-state index in [9.17, 15) is 10.1 Å². The van der Waals surface area contributed by atoms with Crippen molar-refractivity contribution >= 4 is 5.91 Å². The van der Waals surface area contributed by atoms with Gasteiger partial charge < -0.3 is 19.9 Å². The molecule has 0 fully saturated rings. The molecule has 0 aromatic heterocycles. The number of nitriles is 1. The average molecular weight is 252 g/mol. The lowest BCUT2D eigenvalue weighted by atomic mass is 10.2. The molecule has 0 rings (SSSR count). The zero-order valence-corrected chi connectivity index (χ0v) is 11.7. The van der Waals surface area contributed by atoms with Gasteiger partial charge in [-0.15, -0.1) is 0 Å². The van der Waals surface area contributed by atoms with Gasteiger partial charge >= 0.3 is 0 Å². The molecule has 0 bridgehead atoms. The molecule has 0 heterocycles. The van der Waals surface area contributed by atoms with E-state index in [2.05, 4.69) is 11.4 Å². The molecule has 0 atom stereocenters.